The van der Waals surface area contributed by atoms with Gasteiger partial charge >= 0.3 is 0 Å². The molecular weight excluding hydrogens is 186 g/mol. The summed E-state index contributed by atoms with van der Waals surface area (Å²) in [4.78, 5) is 12.0. The van der Waals surface area contributed by atoms with Gasteiger partial charge in [0, 0.05) is 12.5 Å². The van der Waals surface area contributed by atoms with Crippen molar-refractivity contribution in [3.05, 3.63) is 0 Å². The van der Waals surface area contributed by atoms with Gasteiger partial charge in [-0.15, -0.1) is 0 Å². The molecule has 0 unspecified atom stereocenters. The predicted molar refractivity (Wildman–Crippen MR) is 66.0 cm³/mol. The van der Waals surface area contributed by atoms with Gasteiger partial charge in [0.15, 0.2) is 0 Å². The van der Waals surface area contributed by atoms with Crippen molar-refractivity contribution in [2.24, 2.45) is 5.41 Å². The number of carbonyl (C=O) groups excluding carboxylic acids is 1. The highest BCUT2D eigenvalue weighted by atomic mass is 16.1. The summed E-state index contributed by atoms with van der Waals surface area (Å²) in [6.45, 7) is 12.7. The molecule has 0 fully saturated rings. The van der Waals surface area contributed by atoms with E-state index >= 15 is 0 Å². The van der Waals surface area contributed by atoms with Crippen LogP contribution in [0.2, 0.25) is 0 Å². The monoisotopic (exact) mass is 213 g/mol. The van der Waals surface area contributed by atoms with E-state index in [1.54, 1.807) is 0 Å². The van der Waals surface area contributed by atoms with E-state index < -0.39 is 0 Å². The highest BCUT2D eigenvalue weighted by Gasteiger charge is 2.30. The molecule has 0 aromatic heterocycles. The van der Waals surface area contributed by atoms with E-state index in [0.717, 1.165) is 12.8 Å². The standard InChI is InChI=1S/C13H27NO/c1-7-8-9-11(15)12(13(4,5)6)14-10(2)3/h10,12,14H,7-9H2,1-6H3/t12-/m1/s1. The summed E-state index contributed by atoms with van der Waals surface area (Å²) in [5.41, 5.74) is 0.00902. The fourth-order valence-corrected chi connectivity index (χ4v) is 1.65. The third-order valence-corrected chi connectivity index (χ3v) is 2.46. The first-order valence-electron chi connectivity index (χ1n) is 6.07. The van der Waals surface area contributed by atoms with Gasteiger partial charge in [0.1, 0.15) is 5.78 Å². The Bertz CT molecular complexity index is 191. The zero-order chi connectivity index (χ0) is 12.1. The lowest BCUT2D eigenvalue weighted by molar-refractivity contribution is -0.123. The Morgan fingerprint density at radius 2 is 1.80 bits per heavy atom. The van der Waals surface area contributed by atoms with Crippen molar-refractivity contribution in [1.82, 2.24) is 5.32 Å². The highest BCUT2D eigenvalue weighted by Crippen LogP contribution is 2.22. The van der Waals surface area contributed by atoms with Crippen LogP contribution >= 0.6 is 0 Å². The van der Waals surface area contributed by atoms with Crippen LogP contribution in [0.4, 0.5) is 0 Å². The Morgan fingerprint density at radius 3 is 2.13 bits per heavy atom. The Balaban J connectivity index is 4.42. The minimum Gasteiger partial charge on any atom is -0.305 e. The molecule has 0 aliphatic carbocycles. The molecule has 0 bridgehead atoms. The van der Waals surface area contributed by atoms with Crippen LogP contribution in [-0.2, 0) is 4.79 Å². The quantitative estimate of drug-likeness (QED) is 0.734. The molecule has 2 nitrogen and oxygen atoms in total. The van der Waals surface area contributed by atoms with E-state index in [0.29, 0.717) is 18.2 Å². The van der Waals surface area contributed by atoms with Crippen molar-refractivity contribution < 1.29 is 4.79 Å². The summed E-state index contributed by atoms with van der Waals surface area (Å²) in [5.74, 6) is 0.359. The molecule has 0 rings (SSSR count). The summed E-state index contributed by atoms with van der Waals surface area (Å²) in [7, 11) is 0. The van der Waals surface area contributed by atoms with Crippen LogP contribution in [0, 0.1) is 5.41 Å². The van der Waals surface area contributed by atoms with Crippen LogP contribution in [0.5, 0.6) is 0 Å². The van der Waals surface area contributed by atoms with Gasteiger partial charge in [-0.05, 0) is 11.8 Å². The Labute approximate surface area is 94.8 Å². The topological polar surface area (TPSA) is 29.1 Å². The van der Waals surface area contributed by atoms with Crippen molar-refractivity contribution >= 4 is 5.78 Å². The van der Waals surface area contributed by atoms with Crippen LogP contribution in [-0.4, -0.2) is 17.9 Å². The first-order chi connectivity index (χ1) is 6.79. The van der Waals surface area contributed by atoms with Crippen molar-refractivity contribution in [2.75, 3.05) is 0 Å². The van der Waals surface area contributed by atoms with Crippen LogP contribution in [0.25, 0.3) is 0 Å². The average molecular weight is 213 g/mol. The molecule has 0 radical (unpaired) electrons. The molecule has 0 amide bonds. The molecule has 1 atom stereocenters. The van der Waals surface area contributed by atoms with E-state index in [2.05, 4.69) is 46.9 Å². The molecule has 0 saturated heterocycles. The lowest BCUT2D eigenvalue weighted by Crippen LogP contribution is -2.49. The normalized spacial score (nSPS) is 14.3. The van der Waals surface area contributed by atoms with E-state index in [1.807, 2.05) is 0 Å². The fraction of sp³-hybridized carbons (Fsp3) is 0.923. The maximum absolute atomic E-state index is 12.0. The number of hydrogen-bond donors (Lipinski definition) is 1. The minimum atomic E-state index is -0.0101. The number of ketones is 1. The van der Waals surface area contributed by atoms with Gasteiger partial charge in [-0.1, -0.05) is 48.0 Å². The average Bonchev–Trinajstić information content (AvgIpc) is 2.08. The van der Waals surface area contributed by atoms with Crippen molar-refractivity contribution in [3.63, 3.8) is 0 Å². The largest absolute Gasteiger partial charge is 0.305 e. The number of unbranched alkanes of at least 4 members (excludes halogenated alkanes) is 1. The number of Topliss-reactive ketones (excluding diaryl/α,β-unsaturated/α-hetero) is 1. The van der Waals surface area contributed by atoms with E-state index in [1.165, 1.54) is 0 Å². The summed E-state index contributed by atoms with van der Waals surface area (Å²) in [6.07, 6.45) is 2.80. The second kappa shape index (κ2) is 6.26. The van der Waals surface area contributed by atoms with Gasteiger partial charge in [-0.2, -0.15) is 0 Å². The fourth-order valence-electron chi connectivity index (χ4n) is 1.65. The summed E-state index contributed by atoms with van der Waals surface area (Å²) < 4.78 is 0. The van der Waals surface area contributed by atoms with Gasteiger partial charge in [-0.25, -0.2) is 0 Å². The van der Waals surface area contributed by atoms with Crippen LogP contribution < -0.4 is 5.32 Å². The van der Waals surface area contributed by atoms with Crippen LogP contribution in [0.15, 0.2) is 0 Å². The molecule has 0 saturated carbocycles. The lowest BCUT2D eigenvalue weighted by Gasteiger charge is -2.32. The van der Waals surface area contributed by atoms with Crippen molar-refractivity contribution in [1.29, 1.82) is 0 Å². The van der Waals surface area contributed by atoms with Crippen molar-refractivity contribution in [2.45, 2.75) is 72.9 Å². The van der Waals surface area contributed by atoms with Crippen LogP contribution in [0.1, 0.15) is 60.8 Å². The van der Waals surface area contributed by atoms with E-state index in [9.17, 15) is 4.79 Å². The molecule has 90 valence electrons. The molecule has 0 aromatic rings. The van der Waals surface area contributed by atoms with E-state index in [4.69, 9.17) is 0 Å². The molecule has 0 aromatic carbocycles. The third-order valence-electron chi connectivity index (χ3n) is 2.46. The molecule has 15 heavy (non-hydrogen) atoms. The number of hydrogen-bond acceptors (Lipinski definition) is 2. The molecule has 0 spiro atoms. The first kappa shape index (κ1) is 14.6. The second-order valence-corrected chi connectivity index (χ2v) is 5.69. The zero-order valence-corrected chi connectivity index (χ0v) is 11.2. The van der Waals surface area contributed by atoms with Gasteiger partial charge in [0.05, 0.1) is 6.04 Å². The molecule has 1 N–H and O–H groups in total. The molecule has 0 heterocycles. The van der Waals surface area contributed by atoms with Crippen molar-refractivity contribution in [3.8, 4) is 0 Å². The first-order valence-corrected chi connectivity index (χ1v) is 6.07. The lowest BCUT2D eigenvalue weighted by atomic mass is 9.82. The van der Waals surface area contributed by atoms with Crippen LogP contribution in [0.3, 0.4) is 0 Å². The smallest absolute Gasteiger partial charge is 0.150 e. The summed E-state index contributed by atoms with van der Waals surface area (Å²) >= 11 is 0. The SMILES string of the molecule is CCCCC(=O)[C@@H](NC(C)C)C(C)(C)C. The Kier molecular flexibility index (Phi) is 6.11. The Morgan fingerprint density at radius 1 is 1.27 bits per heavy atom. The number of rotatable bonds is 6. The number of carbonyl (C=O) groups is 1. The zero-order valence-electron chi connectivity index (χ0n) is 11.2. The highest BCUT2D eigenvalue weighted by molar-refractivity contribution is 5.84. The second-order valence-electron chi connectivity index (χ2n) is 5.69. The van der Waals surface area contributed by atoms with Gasteiger partial charge in [0.25, 0.3) is 0 Å². The third kappa shape index (κ3) is 5.93. The number of nitrogens with one attached hydrogen (secondary N) is 1. The summed E-state index contributed by atoms with van der Waals surface area (Å²) in [6, 6.07) is 0.351. The maximum atomic E-state index is 12.0. The van der Waals surface area contributed by atoms with Gasteiger partial charge < -0.3 is 5.32 Å². The Hall–Kier alpha value is -0.370. The molecule has 0 aliphatic rings. The molecular formula is C13H27NO. The minimum absolute atomic E-state index is 0.00902. The van der Waals surface area contributed by atoms with E-state index in [-0.39, 0.29) is 11.5 Å². The predicted octanol–water partition coefficient (Wildman–Crippen LogP) is 3.16. The van der Waals surface area contributed by atoms with Gasteiger partial charge in [-0.3, -0.25) is 4.79 Å². The molecule has 0 aliphatic heterocycles. The molecule has 2 heteroatoms. The van der Waals surface area contributed by atoms with Gasteiger partial charge in [0.2, 0.25) is 0 Å². The maximum Gasteiger partial charge on any atom is 0.150 e. The summed E-state index contributed by atoms with van der Waals surface area (Å²) in [5, 5.41) is 3.38.